The first-order chi connectivity index (χ1) is 11.7. The minimum atomic E-state index is 0.546. The second-order valence-electron chi connectivity index (χ2n) is 5.70. The zero-order chi connectivity index (χ0) is 16.9. The van der Waals surface area contributed by atoms with E-state index in [0.29, 0.717) is 17.3 Å². The highest BCUT2D eigenvalue weighted by Crippen LogP contribution is 2.35. The van der Waals surface area contributed by atoms with Crippen LogP contribution in [-0.4, -0.2) is 37.3 Å². The molecule has 1 aromatic heterocycles. The van der Waals surface area contributed by atoms with Crippen LogP contribution in [0.1, 0.15) is 19.3 Å². The summed E-state index contributed by atoms with van der Waals surface area (Å²) in [4.78, 5) is 10.9. The molecule has 1 saturated heterocycles. The van der Waals surface area contributed by atoms with Gasteiger partial charge in [-0.25, -0.2) is 9.97 Å². The summed E-state index contributed by atoms with van der Waals surface area (Å²) in [6.07, 6.45) is 5.12. The lowest BCUT2D eigenvalue weighted by Crippen LogP contribution is -2.31. The number of nitrogens with two attached hydrogens (primary N) is 1. The van der Waals surface area contributed by atoms with Gasteiger partial charge in [0.15, 0.2) is 11.6 Å². The first kappa shape index (κ1) is 16.2. The number of hydrogen-bond acceptors (Lipinski definition) is 7. The molecule has 3 rings (SSSR count). The second-order valence-corrected chi connectivity index (χ2v) is 5.70. The number of nitrogens with one attached hydrogen (secondary N) is 1. The molecule has 0 bridgehead atoms. The Hall–Kier alpha value is -2.70. The van der Waals surface area contributed by atoms with Crippen molar-refractivity contribution < 1.29 is 9.47 Å². The number of ether oxygens (including phenoxy) is 2. The first-order valence-corrected chi connectivity index (χ1v) is 8.07. The van der Waals surface area contributed by atoms with Crippen LogP contribution in [0, 0.1) is 0 Å². The Morgan fingerprint density at radius 2 is 1.88 bits per heavy atom. The van der Waals surface area contributed by atoms with Crippen molar-refractivity contribution in [1.82, 2.24) is 9.97 Å². The van der Waals surface area contributed by atoms with Crippen molar-refractivity contribution in [3.05, 3.63) is 24.5 Å². The fourth-order valence-electron chi connectivity index (χ4n) is 2.88. The standard InChI is InChI=1S/C17H23N5O2/c1-23-12-6-7-14(24-2)13(10-12)21-16-15(18)17(20-11-19-16)22-8-4-3-5-9-22/h6-7,10-11H,3-5,8-9,18H2,1-2H3,(H,19,20,21). The molecule has 0 amide bonds. The van der Waals surface area contributed by atoms with Crippen LogP contribution in [0.4, 0.5) is 23.0 Å². The van der Waals surface area contributed by atoms with Gasteiger partial charge in [0.05, 0.1) is 19.9 Å². The smallest absolute Gasteiger partial charge is 0.159 e. The highest BCUT2D eigenvalue weighted by atomic mass is 16.5. The van der Waals surface area contributed by atoms with Crippen LogP contribution in [0.3, 0.4) is 0 Å². The molecule has 7 nitrogen and oxygen atoms in total. The van der Waals surface area contributed by atoms with E-state index in [1.165, 1.54) is 12.7 Å². The van der Waals surface area contributed by atoms with Crippen LogP contribution in [0.5, 0.6) is 11.5 Å². The summed E-state index contributed by atoms with van der Waals surface area (Å²) in [5.74, 6) is 2.77. The largest absolute Gasteiger partial charge is 0.497 e. The maximum absolute atomic E-state index is 6.32. The third-order valence-corrected chi connectivity index (χ3v) is 4.18. The molecule has 3 N–H and O–H groups in total. The zero-order valence-electron chi connectivity index (χ0n) is 14.1. The maximum atomic E-state index is 6.32. The molecule has 0 aliphatic carbocycles. The molecule has 2 heterocycles. The molecule has 0 spiro atoms. The highest BCUT2D eigenvalue weighted by Gasteiger charge is 2.18. The Morgan fingerprint density at radius 1 is 1.08 bits per heavy atom. The number of piperidine rings is 1. The van der Waals surface area contributed by atoms with Gasteiger partial charge in [-0.1, -0.05) is 0 Å². The Kier molecular flexibility index (Phi) is 4.88. The van der Waals surface area contributed by atoms with Gasteiger partial charge in [-0.3, -0.25) is 0 Å². The van der Waals surface area contributed by atoms with Gasteiger partial charge in [0.1, 0.15) is 23.5 Å². The zero-order valence-corrected chi connectivity index (χ0v) is 14.1. The quantitative estimate of drug-likeness (QED) is 0.872. The molecular formula is C17H23N5O2. The van der Waals surface area contributed by atoms with Gasteiger partial charge in [0.2, 0.25) is 0 Å². The molecule has 1 aliphatic heterocycles. The van der Waals surface area contributed by atoms with E-state index in [0.717, 1.165) is 43.2 Å². The molecule has 0 atom stereocenters. The number of anilines is 4. The van der Waals surface area contributed by atoms with E-state index >= 15 is 0 Å². The van der Waals surface area contributed by atoms with Crippen molar-refractivity contribution in [2.45, 2.75) is 19.3 Å². The van der Waals surface area contributed by atoms with Crippen LogP contribution in [0.25, 0.3) is 0 Å². The minimum absolute atomic E-state index is 0.546. The van der Waals surface area contributed by atoms with Gasteiger partial charge in [-0.15, -0.1) is 0 Å². The van der Waals surface area contributed by atoms with E-state index in [-0.39, 0.29) is 0 Å². The predicted octanol–water partition coefficient (Wildman–Crippen LogP) is 2.81. The van der Waals surface area contributed by atoms with E-state index in [4.69, 9.17) is 15.2 Å². The third-order valence-electron chi connectivity index (χ3n) is 4.18. The molecule has 7 heteroatoms. The lowest BCUT2D eigenvalue weighted by atomic mass is 10.1. The van der Waals surface area contributed by atoms with Gasteiger partial charge in [-0.05, 0) is 31.4 Å². The summed E-state index contributed by atoms with van der Waals surface area (Å²) in [5.41, 5.74) is 7.61. The Morgan fingerprint density at radius 3 is 2.58 bits per heavy atom. The number of rotatable bonds is 5. The van der Waals surface area contributed by atoms with Crippen molar-refractivity contribution in [3.8, 4) is 11.5 Å². The fourth-order valence-corrected chi connectivity index (χ4v) is 2.88. The number of benzene rings is 1. The topological polar surface area (TPSA) is 85.5 Å². The number of methoxy groups -OCH3 is 2. The summed E-state index contributed by atoms with van der Waals surface area (Å²) in [6.45, 7) is 1.95. The van der Waals surface area contributed by atoms with Crippen molar-refractivity contribution >= 4 is 23.0 Å². The molecule has 128 valence electrons. The van der Waals surface area contributed by atoms with E-state index in [9.17, 15) is 0 Å². The van der Waals surface area contributed by atoms with Crippen LogP contribution >= 0.6 is 0 Å². The Bertz CT molecular complexity index is 701. The van der Waals surface area contributed by atoms with E-state index < -0.39 is 0 Å². The normalized spacial score (nSPS) is 14.3. The molecule has 1 aromatic carbocycles. The van der Waals surface area contributed by atoms with Crippen LogP contribution in [-0.2, 0) is 0 Å². The van der Waals surface area contributed by atoms with Crippen LogP contribution < -0.4 is 25.4 Å². The van der Waals surface area contributed by atoms with E-state index in [1.807, 2.05) is 18.2 Å². The molecule has 0 radical (unpaired) electrons. The first-order valence-electron chi connectivity index (χ1n) is 8.07. The Labute approximate surface area is 141 Å². The molecule has 2 aromatic rings. The van der Waals surface area contributed by atoms with Crippen LogP contribution in [0.2, 0.25) is 0 Å². The third kappa shape index (κ3) is 3.29. The number of nitrogens with zero attached hydrogens (tertiary/aromatic N) is 3. The molecule has 1 fully saturated rings. The highest BCUT2D eigenvalue weighted by molar-refractivity contribution is 5.80. The van der Waals surface area contributed by atoms with Crippen molar-refractivity contribution in [3.63, 3.8) is 0 Å². The minimum Gasteiger partial charge on any atom is -0.497 e. The second kappa shape index (κ2) is 7.25. The van der Waals surface area contributed by atoms with Gasteiger partial charge < -0.3 is 25.4 Å². The van der Waals surface area contributed by atoms with Crippen molar-refractivity contribution in [2.24, 2.45) is 0 Å². The Balaban J connectivity index is 1.90. The fraction of sp³-hybridized carbons (Fsp3) is 0.412. The lowest BCUT2D eigenvalue weighted by Gasteiger charge is -2.29. The molecule has 0 unspecified atom stereocenters. The van der Waals surface area contributed by atoms with Crippen molar-refractivity contribution in [2.75, 3.05) is 43.3 Å². The van der Waals surface area contributed by atoms with Crippen molar-refractivity contribution in [1.29, 1.82) is 0 Å². The average Bonchev–Trinajstić information content (AvgIpc) is 2.64. The monoisotopic (exact) mass is 329 g/mol. The van der Waals surface area contributed by atoms with Gasteiger partial charge >= 0.3 is 0 Å². The predicted molar refractivity (Wildman–Crippen MR) is 95.3 cm³/mol. The van der Waals surface area contributed by atoms with E-state index in [1.54, 1.807) is 14.2 Å². The number of hydrogen-bond donors (Lipinski definition) is 2. The lowest BCUT2D eigenvalue weighted by molar-refractivity contribution is 0.405. The molecule has 24 heavy (non-hydrogen) atoms. The summed E-state index contributed by atoms with van der Waals surface area (Å²) in [7, 11) is 3.24. The molecule has 0 saturated carbocycles. The summed E-state index contributed by atoms with van der Waals surface area (Å²) in [6, 6.07) is 5.53. The van der Waals surface area contributed by atoms with E-state index in [2.05, 4.69) is 20.2 Å². The molecule has 1 aliphatic rings. The maximum Gasteiger partial charge on any atom is 0.159 e. The molecular weight excluding hydrogens is 306 g/mol. The summed E-state index contributed by atoms with van der Waals surface area (Å²) < 4.78 is 10.7. The van der Waals surface area contributed by atoms with Gasteiger partial charge in [0.25, 0.3) is 0 Å². The van der Waals surface area contributed by atoms with Crippen LogP contribution in [0.15, 0.2) is 24.5 Å². The summed E-state index contributed by atoms with van der Waals surface area (Å²) >= 11 is 0. The number of nitrogen functional groups attached to an aromatic ring is 1. The van der Waals surface area contributed by atoms with Gasteiger partial charge in [-0.2, -0.15) is 0 Å². The van der Waals surface area contributed by atoms with Gasteiger partial charge in [0, 0.05) is 19.2 Å². The summed E-state index contributed by atoms with van der Waals surface area (Å²) in [5, 5.41) is 3.24. The SMILES string of the molecule is COc1ccc(OC)c(Nc2ncnc(N3CCCCC3)c2N)c1. The number of aromatic nitrogens is 2. The average molecular weight is 329 g/mol.